The molecule has 68 valence electrons. The van der Waals surface area contributed by atoms with Crippen LogP contribution < -0.4 is 0 Å². The first-order valence-electron chi connectivity index (χ1n) is 4.32. The van der Waals surface area contributed by atoms with Gasteiger partial charge in [-0.05, 0) is 13.8 Å². The van der Waals surface area contributed by atoms with E-state index in [2.05, 4.69) is 0 Å². The summed E-state index contributed by atoms with van der Waals surface area (Å²) in [6, 6.07) is 0. The first kappa shape index (κ1) is 8.20. The molecule has 0 aromatic carbocycles. The molecule has 2 aliphatic heterocycles. The highest BCUT2D eigenvalue weighted by Gasteiger charge is 2.54. The van der Waals surface area contributed by atoms with Gasteiger partial charge in [-0.1, -0.05) is 0 Å². The van der Waals surface area contributed by atoms with Crippen molar-refractivity contribution >= 4 is 6.29 Å². The third-order valence-corrected chi connectivity index (χ3v) is 2.50. The van der Waals surface area contributed by atoms with Gasteiger partial charge >= 0.3 is 0 Å². The number of aldehydes is 1. The van der Waals surface area contributed by atoms with Crippen molar-refractivity contribution in [3.8, 4) is 0 Å². The lowest BCUT2D eigenvalue weighted by Gasteiger charge is -2.37. The Morgan fingerprint density at radius 3 is 2.67 bits per heavy atom. The molecule has 2 atom stereocenters. The molecule has 0 bridgehead atoms. The monoisotopic (exact) mass is 170 g/mol. The summed E-state index contributed by atoms with van der Waals surface area (Å²) in [7, 11) is 0. The van der Waals surface area contributed by atoms with Crippen LogP contribution in [0.5, 0.6) is 0 Å². The third-order valence-electron chi connectivity index (χ3n) is 2.50. The van der Waals surface area contributed by atoms with Crippen molar-refractivity contribution < 1.29 is 14.3 Å². The summed E-state index contributed by atoms with van der Waals surface area (Å²) >= 11 is 0. The summed E-state index contributed by atoms with van der Waals surface area (Å²) in [6.07, 6.45) is 2.26. The van der Waals surface area contributed by atoms with Crippen LogP contribution in [0.1, 0.15) is 26.7 Å². The van der Waals surface area contributed by atoms with Crippen LogP contribution in [0.3, 0.4) is 0 Å². The lowest BCUT2D eigenvalue weighted by molar-refractivity contribution is -0.148. The summed E-state index contributed by atoms with van der Waals surface area (Å²) in [6.45, 7) is 4.81. The standard InChI is InChI=1S/C9H14O3/c1-8(2)5-9(6-11-9)3-7(4-10)12-8/h4,7H,3,5-6H2,1-2H3/t7-,9?/m0/s1. The smallest absolute Gasteiger partial charge is 0.148 e. The third kappa shape index (κ3) is 1.39. The maximum absolute atomic E-state index is 10.6. The van der Waals surface area contributed by atoms with E-state index in [0.717, 1.165) is 25.7 Å². The quantitative estimate of drug-likeness (QED) is 0.433. The SMILES string of the molecule is CC1(C)CC2(CO2)C[C@@H](C=O)O1. The molecule has 0 aromatic rings. The number of hydrogen-bond donors (Lipinski definition) is 0. The van der Waals surface area contributed by atoms with E-state index in [0.29, 0.717) is 0 Å². The van der Waals surface area contributed by atoms with Gasteiger partial charge in [0.2, 0.25) is 0 Å². The van der Waals surface area contributed by atoms with Crippen LogP contribution in [-0.4, -0.2) is 30.2 Å². The Kier molecular flexibility index (Phi) is 1.57. The van der Waals surface area contributed by atoms with E-state index in [4.69, 9.17) is 9.47 Å². The fraction of sp³-hybridized carbons (Fsp3) is 0.889. The molecule has 0 amide bonds. The average molecular weight is 170 g/mol. The van der Waals surface area contributed by atoms with Gasteiger partial charge in [-0.2, -0.15) is 0 Å². The molecule has 2 saturated heterocycles. The summed E-state index contributed by atoms with van der Waals surface area (Å²) in [5, 5.41) is 0. The molecule has 12 heavy (non-hydrogen) atoms. The maximum Gasteiger partial charge on any atom is 0.148 e. The van der Waals surface area contributed by atoms with Crippen LogP contribution in [0, 0.1) is 0 Å². The van der Waals surface area contributed by atoms with Crippen LogP contribution in [-0.2, 0) is 14.3 Å². The Bertz CT molecular complexity index is 200. The summed E-state index contributed by atoms with van der Waals surface area (Å²) in [5.41, 5.74) is -0.229. The van der Waals surface area contributed by atoms with Gasteiger partial charge in [0.05, 0.1) is 17.8 Å². The predicted octanol–water partition coefficient (Wildman–Crippen LogP) is 0.912. The molecule has 2 rings (SSSR count). The molecule has 2 fully saturated rings. The lowest BCUT2D eigenvalue weighted by atomic mass is 9.86. The van der Waals surface area contributed by atoms with Gasteiger partial charge in [-0.15, -0.1) is 0 Å². The maximum atomic E-state index is 10.6. The minimum atomic E-state index is -0.267. The van der Waals surface area contributed by atoms with E-state index in [-0.39, 0.29) is 17.3 Å². The van der Waals surface area contributed by atoms with Crippen molar-refractivity contribution in [2.75, 3.05) is 6.61 Å². The molecule has 0 aliphatic carbocycles. The van der Waals surface area contributed by atoms with Crippen molar-refractivity contribution in [3.63, 3.8) is 0 Å². The van der Waals surface area contributed by atoms with Gasteiger partial charge < -0.3 is 14.3 Å². The van der Waals surface area contributed by atoms with Gasteiger partial charge in [0.15, 0.2) is 0 Å². The average Bonchev–Trinajstić information content (AvgIpc) is 2.65. The van der Waals surface area contributed by atoms with E-state index < -0.39 is 0 Å². The van der Waals surface area contributed by atoms with Crippen LogP contribution in [0.4, 0.5) is 0 Å². The first-order chi connectivity index (χ1) is 5.55. The molecule has 1 spiro atoms. The van der Waals surface area contributed by atoms with Crippen LogP contribution >= 0.6 is 0 Å². The molecular formula is C9H14O3. The van der Waals surface area contributed by atoms with Crippen molar-refractivity contribution in [3.05, 3.63) is 0 Å². The molecule has 1 unspecified atom stereocenters. The second-order valence-electron chi connectivity index (χ2n) is 4.40. The topological polar surface area (TPSA) is 38.8 Å². The zero-order valence-electron chi connectivity index (χ0n) is 7.50. The predicted molar refractivity (Wildman–Crippen MR) is 42.9 cm³/mol. The highest BCUT2D eigenvalue weighted by atomic mass is 16.6. The van der Waals surface area contributed by atoms with Crippen molar-refractivity contribution in [1.29, 1.82) is 0 Å². The Labute approximate surface area is 72.0 Å². The minimum Gasteiger partial charge on any atom is -0.369 e. The summed E-state index contributed by atoms with van der Waals surface area (Å²) < 4.78 is 10.9. The van der Waals surface area contributed by atoms with Crippen molar-refractivity contribution in [1.82, 2.24) is 0 Å². The summed E-state index contributed by atoms with van der Waals surface area (Å²) in [4.78, 5) is 10.6. The van der Waals surface area contributed by atoms with Crippen LogP contribution in [0.15, 0.2) is 0 Å². The highest BCUT2D eigenvalue weighted by Crippen LogP contribution is 2.45. The van der Waals surface area contributed by atoms with Gasteiger partial charge in [0, 0.05) is 12.8 Å². The second kappa shape index (κ2) is 2.30. The van der Waals surface area contributed by atoms with Gasteiger partial charge in [0.1, 0.15) is 12.4 Å². The number of hydrogen-bond acceptors (Lipinski definition) is 3. The van der Waals surface area contributed by atoms with Crippen LogP contribution in [0.2, 0.25) is 0 Å². The largest absolute Gasteiger partial charge is 0.369 e. The normalized spacial score (nSPS) is 44.3. The lowest BCUT2D eigenvalue weighted by Crippen LogP contribution is -2.44. The van der Waals surface area contributed by atoms with Crippen LogP contribution in [0.25, 0.3) is 0 Å². The molecular weight excluding hydrogens is 156 g/mol. The number of carbonyl (C=O) groups excluding carboxylic acids is 1. The first-order valence-corrected chi connectivity index (χ1v) is 4.32. The number of epoxide rings is 1. The van der Waals surface area contributed by atoms with E-state index in [1.165, 1.54) is 0 Å². The molecule has 3 nitrogen and oxygen atoms in total. The molecule has 0 aromatic heterocycles. The number of ether oxygens (including phenoxy) is 2. The van der Waals surface area contributed by atoms with E-state index in [1.807, 2.05) is 13.8 Å². The Hall–Kier alpha value is -0.410. The minimum absolute atomic E-state index is 0.0205. The highest BCUT2D eigenvalue weighted by molar-refractivity contribution is 5.56. The number of carbonyl (C=O) groups is 1. The van der Waals surface area contributed by atoms with Gasteiger partial charge in [-0.3, -0.25) is 0 Å². The number of rotatable bonds is 1. The molecule has 2 heterocycles. The second-order valence-corrected chi connectivity index (χ2v) is 4.40. The van der Waals surface area contributed by atoms with Gasteiger partial charge in [0.25, 0.3) is 0 Å². The van der Waals surface area contributed by atoms with E-state index in [9.17, 15) is 4.79 Å². The zero-order chi connectivity index (χ0) is 8.82. The Morgan fingerprint density at radius 2 is 2.17 bits per heavy atom. The molecule has 3 heteroatoms. The molecule has 0 saturated carbocycles. The van der Waals surface area contributed by atoms with Crippen molar-refractivity contribution in [2.45, 2.75) is 44.0 Å². The van der Waals surface area contributed by atoms with Crippen molar-refractivity contribution in [2.24, 2.45) is 0 Å². The molecule has 0 radical (unpaired) electrons. The Balaban J connectivity index is 2.10. The zero-order valence-corrected chi connectivity index (χ0v) is 7.50. The summed E-state index contributed by atoms with van der Waals surface area (Å²) in [5.74, 6) is 0. The fourth-order valence-electron chi connectivity index (χ4n) is 2.11. The molecule has 0 N–H and O–H groups in total. The van der Waals surface area contributed by atoms with E-state index in [1.54, 1.807) is 0 Å². The molecule has 2 aliphatic rings. The Morgan fingerprint density at radius 1 is 1.50 bits per heavy atom. The van der Waals surface area contributed by atoms with Gasteiger partial charge in [-0.25, -0.2) is 0 Å². The van der Waals surface area contributed by atoms with E-state index >= 15 is 0 Å². The fourth-order valence-corrected chi connectivity index (χ4v) is 2.11.